The number of methoxy groups -OCH3 is 1. The minimum atomic E-state index is -0.114. The topological polar surface area (TPSA) is 29.5 Å². The minimum absolute atomic E-state index is 0.104. The van der Waals surface area contributed by atoms with Gasteiger partial charge in [-0.05, 0) is 18.9 Å². The molecular weight excluding hydrogens is 250 g/mol. The van der Waals surface area contributed by atoms with E-state index in [1.54, 1.807) is 7.11 Å². The first-order valence-corrected chi connectivity index (χ1v) is 7.06. The van der Waals surface area contributed by atoms with E-state index >= 15 is 0 Å². The summed E-state index contributed by atoms with van der Waals surface area (Å²) in [4.78, 5) is 14.4. The lowest BCUT2D eigenvalue weighted by molar-refractivity contribution is -0.129. The third-order valence-electron chi connectivity index (χ3n) is 4.13. The van der Waals surface area contributed by atoms with Gasteiger partial charge in [0, 0.05) is 25.5 Å². The van der Waals surface area contributed by atoms with Crippen molar-refractivity contribution >= 4 is 5.91 Å². The van der Waals surface area contributed by atoms with Crippen molar-refractivity contribution in [2.45, 2.75) is 25.8 Å². The van der Waals surface area contributed by atoms with Gasteiger partial charge in [-0.3, -0.25) is 4.79 Å². The molecule has 0 N–H and O–H groups in total. The zero-order valence-electron chi connectivity index (χ0n) is 12.3. The molecule has 0 bridgehead atoms. The summed E-state index contributed by atoms with van der Waals surface area (Å²) >= 11 is 0. The lowest BCUT2D eigenvalue weighted by atomic mass is 9.84. The lowest BCUT2D eigenvalue weighted by Crippen LogP contribution is -2.33. The Morgan fingerprint density at radius 2 is 2.15 bits per heavy atom. The van der Waals surface area contributed by atoms with Gasteiger partial charge in [-0.1, -0.05) is 36.4 Å². The van der Waals surface area contributed by atoms with Crippen LogP contribution in [0, 0.1) is 5.41 Å². The third kappa shape index (κ3) is 2.93. The Kier molecular flexibility index (Phi) is 4.61. The minimum Gasteiger partial charge on any atom is -0.384 e. The first-order chi connectivity index (χ1) is 9.62. The highest BCUT2D eigenvalue weighted by Gasteiger charge is 2.44. The number of likely N-dealkylation sites (tertiary alicyclic amines) is 1. The van der Waals surface area contributed by atoms with Crippen molar-refractivity contribution in [3.8, 4) is 0 Å². The van der Waals surface area contributed by atoms with Gasteiger partial charge in [0.25, 0.3) is 0 Å². The molecule has 0 spiro atoms. The Morgan fingerprint density at radius 1 is 1.45 bits per heavy atom. The zero-order valence-corrected chi connectivity index (χ0v) is 12.3. The molecule has 2 atom stereocenters. The van der Waals surface area contributed by atoms with Gasteiger partial charge in [0.15, 0.2) is 0 Å². The number of nitrogens with zero attached hydrogens (tertiary/aromatic N) is 1. The van der Waals surface area contributed by atoms with Crippen LogP contribution < -0.4 is 0 Å². The predicted molar refractivity (Wildman–Crippen MR) is 80.3 cm³/mol. The van der Waals surface area contributed by atoms with E-state index in [1.807, 2.05) is 29.2 Å². The highest BCUT2D eigenvalue weighted by molar-refractivity contribution is 5.80. The highest BCUT2D eigenvalue weighted by Crippen LogP contribution is 2.39. The average Bonchev–Trinajstić information content (AvgIpc) is 2.76. The van der Waals surface area contributed by atoms with E-state index in [0.717, 1.165) is 13.0 Å². The summed E-state index contributed by atoms with van der Waals surface area (Å²) in [6, 6.07) is 10.3. The molecule has 3 nitrogen and oxygen atoms in total. The number of allylic oxidation sites excluding steroid dienone is 1. The normalized spacial score (nSPS) is 23.9. The van der Waals surface area contributed by atoms with Crippen LogP contribution in [-0.2, 0) is 9.53 Å². The van der Waals surface area contributed by atoms with Gasteiger partial charge < -0.3 is 9.64 Å². The van der Waals surface area contributed by atoms with Crippen LogP contribution in [-0.4, -0.2) is 31.1 Å². The second-order valence-electron chi connectivity index (χ2n) is 5.71. The van der Waals surface area contributed by atoms with Crippen molar-refractivity contribution < 1.29 is 9.53 Å². The first-order valence-electron chi connectivity index (χ1n) is 7.06. The Hall–Kier alpha value is -1.61. The molecule has 0 saturated carbocycles. The Labute approximate surface area is 121 Å². The fourth-order valence-corrected chi connectivity index (χ4v) is 3.10. The summed E-state index contributed by atoms with van der Waals surface area (Å²) in [5, 5.41) is 0. The van der Waals surface area contributed by atoms with E-state index in [-0.39, 0.29) is 17.4 Å². The fourth-order valence-electron chi connectivity index (χ4n) is 3.10. The molecule has 0 unspecified atom stereocenters. The summed E-state index contributed by atoms with van der Waals surface area (Å²) in [7, 11) is 1.69. The maximum Gasteiger partial charge on any atom is 0.223 e. The molecule has 20 heavy (non-hydrogen) atoms. The number of amides is 1. The molecule has 1 fully saturated rings. The Bertz CT molecular complexity index is 471. The van der Waals surface area contributed by atoms with Crippen LogP contribution in [0.4, 0.5) is 0 Å². The SMILES string of the molecule is C=CC[C@@]1(COC)CC(=O)N([C@H](C)c2ccccc2)C1. The number of rotatable bonds is 6. The number of ether oxygens (including phenoxy) is 1. The van der Waals surface area contributed by atoms with Crippen LogP contribution in [0.5, 0.6) is 0 Å². The molecule has 1 aliphatic heterocycles. The van der Waals surface area contributed by atoms with Gasteiger partial charge in [0.2, 0.25) is 5.91 Å². The van der Waals surface area contributed by atoms with Crippen LogP contribution in [0.1, 0.15) is 31.4 Å². The molecule has 1 aromatic carbocycles. The Balaban J connectivity index is 2.17. The van der Waals surface area contributed by atoms with E-state index in [2.05, 4.69) is 25.6 Å². The van der Waals surface area contributed by atoms with Crippen molar-refractivity contribution in [1.82, 2.24) is 4.90 Å². The van der Waals surface area contributed by atoms with E-state index in [1.165, 1.54) is 5.56 Å². The molecule has 1 heterocycles. The first kappa shape index (κ1) is 14.8. The third-order valence-corrected chi connectivity index (χ3v) is 4.13. The molecule has 1 amide bonds. The predicted octanol–water partition coefficient (Wildman–Crippen LogP) is 3.19. The molecule has 108 valence electrons. The second-order valence-corrected chi connectivity index (χ2v) is 5.71. The van der Waals surface area contributed by atoms with Crippen LogP contribution >= 0.6 is 0 Å². The molecule has 0 aromatic heterocycles. The standard InChI is InChI=1S/C17H23NO2/c1-4-10-17(13-20-3)11-16(19)18(12-17)14(2)15-8-6-5-7-9-15/h4-9,14H,1,10-13H2,2-3H3/t14-,17-/m1/s1. The maximum absolute atomic E-state index is 12.4. The van der Waals surface area contributed by atoms with Gasteiger partial charge in [-0.15, -0.1) is 6.58 Å². The highest BCUT2D eigenvalue weighted by atomic mass is 16.5. The summed E-state index contributed by atoms with van der Waals surface area (Å²) < 4.78 is 5.34. The number of hydrogen-bond acceptors (Lipinski definition) is 2. The summed E-state index contributed by atoms with van der Waals surface area (Å²) in [6.07, 6.45) is 3.25. The average molecular weight is 273 g/mol. The van der Waals surface area contributed by atoms with Crippen molar-refractivity contribution in [2.24, 2.45) is 5.41 Å². The van der Waals surface area contributed by atoms with Crippen molar-refractivity contribution in [2.75, 3.05) is 20.3 Å². The molecule has 3 heteroatoms. The van der Waals surface area contributed by atoms with Crippen LogP contribution in [0.3, 0.4) is 0 Å². The second kappa shape index (κ2) is 6.23. The van der Waals surface area contributed by atoms with Crippen molar-refractivity contribution in [3.63, 3.8) is 0 Å². The van der Waals surface area contributed by atoms with Crippen molar-refractivity contribution in [3.05, 3.63) is 48.6 Å². The number of carbonyl (C=O) groups is 1. The molecule has 1 saturated heterocycles. The van der Waals surface area contributed by atoms with Crippen LogP contribution in [0.2, 0.25) is 0 Å². The molecule has 0 radical (unpaired) electrons. The smallest absolute Gasteiger partial charge is 0.223 e. The van der Waals surface area contributed by atoms with E-state index < -0.39 is 0 Å². The van der Waals surface area contributed by atoms with Crippen molar-refractivity contribution in [1.29, 1.82) is 0 Å². The van der Waals surface area contributed by atoms with Crippen LogP contribution in [0.25, 0.3) is 0 Å². The summed E-state index contributed by atoms with van der Waals surface area (Å²) in [5.74, 6) is 0.209. The van der Waals surface area contributed by atoms with Gasteiger partial charge in [-0.25, -0.2) is 0 Å². The van der Waals surface area contributed by atoms with E-state index in [0.29, 0.717) is 13.0 Å². The Morgan fingerprint density at radius 3 is 2.75 bits per heavy atom. The van der Waals surface area contributed by atoms with Gasteiger partial charge in [-0.2, -0.15) is 0 Å². The zero-order chi connectivity index (χ0) is 14.6. The quantitative estimate of drug-likeness (QED) is 0.745. The van der Waals surface area contributed by atoms with E-state index in [9.17, 15) is 4.79 Å². The molecule has 0 aliphatic carbocycles. The summed E-state index contributed by atoms with van der Waals surface area (Å²) in [6.45, 7) is 7.24. The molecule has 1 aromatic rings. The number of carbonyl (C=O) groups excluding carboxylic acids is 1. The van der Waals surface area contributed by atoms with E-state index in [4.69, 9.17) is 4.74 Å². The largest absolute Gasteiger partial charge is 0.384 e. The maximum atomic E-state index is 12.4. The lowest BCUT2D eigenvalue weighted by Gasteiger charge is -2.30. The molecule has 1 aliphatic rings. The monoisotopic (exact) mass is 273 g/mol. The molecule has 2 rings (SSSR count). The van der Waals surface area contributed by atoms with Gasteiger partial charge in [0.05, 0.1) is 12.6 Å². The van der Waals surface area contributed by atoms with Gasteiger partial charge in [0.1, 0.15) is 0 Å². The summed E-state index contributed by atoms with van der Waals surface area (Å²) in [5.41, 5.74) is 1.06. The molecular formula is C17H23NO2. The van der Waals surface area contributed by atoms with Gasteiger partial charge >= 0.3 is 0 Å². The fraction of sp³-hybridized carbons (Fsp3) is 0.471. The van der Waals surface area contributed by atoms with Crippen LogP contribution in [0.15, 0.2) is 43.0 Å². The number of hydrogen-bond donors (Lipinski definition) is 0. The number of benzene rings is 1.